The summed E-state index contributed by atoms with van der Waals surface area (Å²) in [7, 11) is -2.24. The number of urea groups is 1. The van der Waals surface area contributed by atoms with E-state index in [-0.39, 0.29) is 23.1 Å². The first-order valence-corrected chi connectivity index (χ1v) is 16.6. The highest BCUT2D eigenvalue weighted by atomic mass is 35.5. The minimum absolute atomic E-state index is 0.0383. The number of hydrogen-bond donors (Lipinski definition) is 2. The van der Waals surface area contributed by atoms with Gasteiger partial charge in [-0.15, -0.1) is 0 Å². The van der Waals surface area contributed by atoms with Gasteiger partial charge in [-0.2, -0.15) is 13.2 Å². The molecule has 2 aromatic carbocycles. The number of hydrogen-bond acceptors (Lipinski definition) is 5. The van der Waals surface area contributed by atoms with Crippen molar-refractivity contribution in [2.45, 2.75) is 77.0 Å². The minimum atomic E-state index is -4.88. The van der Waals surface area contributed by atoms with Crippen LogP contribution in [0.25, 0.3) is 0 Å². The molecule has 236 valence electrons. The Morgan fingerprint density at radius 2 is 1.77 bits per heavy atom. The van der Waals surface area contributed by atoms with Crippen LogP contribution in [0.4, 0.5) is 38.1 Å². The Balaban J connectivity index is 1.91. The number of nitrogens with one attached hydrogen (secondary N) is 2. The lowest BCUT2D eigenvalue weighted by Gasteiger charge is -2.37. The molecule has 8 nitrogen and oxygen atoms in total. The molecule has 4 amide bonds. The second-order valence-corrected chi connectivity index (χ2v) is 16.9. The summed E-state index contributed by atoms with van der Waals surface area (Å²) in [5, 5.41) is 3.95. The maximum atomic E-state index is 15.2. The summed E-state index contributed by atoms with van der Waals surface area (Å²) in [6, 6.07) is 3.04. The first kappa shape index (κ1) is 34.3. The van der Waals surface area contributed by atoms with E-state index in [1.807, 2.05) is 33.9 Å². The van der Waals surface area contributed by atoms with Crippen molar-refractivity contribution in [1.82, 2.24) is 4.90 Å². The van der Waals surface area contributed by atoms with E-state index in [0.29, 0.717) is 25.5 Å². The Morgan fingerprint density at radius 1 is 1.12 bits per heavy atom. The summed E-state index contributed by atoms with van der Waals surface area (Å²) in [4.78, 5) is 39.6. The van der Waals surface area contributed by atoms with E-state index in [9.17, 15) is 31.9 Å². The quantitative estimate of drug-likeness (QED) is 0.225. The van der Waals surface area contributed by atoms with Crippen molar-refractivity contribution in [2.75, 3.05) is 17.2 Å². The average Bonchev–Trinajstić information content (AvgIpc) is 3.25. The van der Waals surface area contributed by atoms with E-state index in [2.05, 4.69) is 10.6 Å². The molecule has 1 aliphatic heterocycles. The van der Waals surface area contributed by atoms with E-state index in [4.69, 9.17) is 20.8 Å². The van der Waals surface area contributed by atoms with E-state index in [0.717, 1.165) is 11.0 Å². The van der Waals surface area contributed by atoms with Crippen LogP contribution in [-0.2, 0) is 9.22 Å². The van der Waals surface area contributed by atoms with E-state index in [1.165, 1.54) is 12.1 Å². The summed E-state index contributed by atoms with van der Waals surface area (Å²) in [5.41, 5.74) is -1.87. The first-order valence-electron chi connectivity index (χ1n) is 13.3. The van der Waals surface area contributed by atoms with Gasteiger partial charge in [0.2, 0.25) is 5.91 Å². The number of carbonyl (C=O) groups is 3. The molecule has 1 aliphatic rings. The van der Waals surface area contributed by atoms with Crippen molar-refractivity contribution in [3.63, 3.8) is 0 Å². The van der Waals surface area contributed by atoms with E-state index < -0.39 is 78.8 Å². The number of halogens is 6. The molecule has 2 N–H and O–H groups in total. The Bertz CT molecular complexity index is 1380. The standard InChI is InChI=1S/C28H33ClF5N3O5Si/c1-15(28(32,33)34)42-22-13-21(20(31)12-17(22)25(39)36-24-18(29)8-7-9-19(24)30)35-26(40)37-16(10-11-23(37)38)14-41-43(5,6)27(2,3)4/h7-9,12-13,15-16H,10-11,14H2,1-6H3,(H,35,40)(H,36,39)/t15-,16?/m0/s1. The van der Waals surface area contributed by atoms with Crippen molar-refractivity contribution < 1.29 is 45.5 Å². The third-order valence-electron chi connectivity index (χ3n) is 7.51. The molecule has 0 aliphatic carbocycles. The zero-order valence-corrected chi connectivity index (χ0v) is 26.2. The Morgan fingerprint density at radius 3 is 2.35 bits per heavy atom. The number of anilines is 2. The Hall–Kier alpha value is -3.23. The smallest absolute Gasteiger partial charge is 0.425 e. The summed E-state index contributed by atoms with van der Waals surface area (Å²) < 4.78 is 80.6. The summed E-state index contributed by atoms with van der Waals surface area (Å²) in [6.45, 7) is 10.8. The molecule has 1 fully saturated rings. The number of alkyl halides is 3. The molecule has 0 bridgehead atoms. The lowest BCUT2D eigenvalue weighted by molar-refractivity contribution is -0.189. The molecule has 2 atom stereocenters. The zero-order valence-electron chi connectivity index (χ0n) is 24.4. The number of benzene rings is 2. The largest absolute Gasteiger partial charge is 0.480 e. The Kier molecular flexibility index (Phi) is 10.2. The number of ether oxygens (including phenoxy) is 1. The van der Waals surface area contributed by atoms with Crippen LogP contribution < -0.4 is 15.4 Å². The van der Waals surface area contributed by atoms with Gasteiger partial charge in [0, 0.05) is 12.5 Å². The van der Waals surface area contributed by atoms with Crippen LogP contribution in [0.5, 0.6) is 5.75 Å². The van der Waals surface area contributed by atoms with Crippen LogP contribution in [-0.4, -0.2) is 56.0 Å². The van der Waals surface area contributed by atoms with Gasteiger partial charge in [-0.05, 0) is 49.7 Å². The van der Waals surface area contributed by atoms with Gasteiger partial charge in [-0.1, -0.05) is 38.4 Å². The van der Waals surface area contributed by atoms with Crippen molar-refractivity contribution in [3.05, 3.63) is 52.6 Å². The predicted octanol–water partition coefficient (Wildman–Crippen LogP) is 7.74. The van der Waals surface area contributed by atoms with Gasteiger partial charge in [0.05, 0.1) is 34.6 Å². The van der Waals surface area contributed by atoms with Crippen molar-refractivity contribution >= 4 is 49.1 Å². The van der Waals surface area contributed by atoms with Crippen molar-refractivity contribution in [1.29, 1.82) is 0 Å². The topological polar surface area (TPSA) is 97.0 Å². The van der Waals surface area contributed by atoms with Crippen LogP contribution in [0.1, 0.15) is 50.9 Å². The number of para-hydroxylation sites is 1. The SMILES string of the molecule is C[C@H](Oc1cc(NC(=O)N2C(=O)CCC2CO[Si](C)(C)C(C)(C)C)c(F)cc1C(=O)Nc1c(F)cccc1Cl)C(F)(F)F. The fourth-order valence-corrected chi connectivity index (χ4v) is 5.11. The number of likely N-dealkylation sites (tertiary alicyclic amines) is 1. The third-order valence-corrected chi connectivity index (χ3v) is 12.3. The second-order valence-electron chi connectivity index (χ2n) is 11.6. The second kappa shape index (κ2) is 12.8. The highest BCUT2D eigenvalue weighted by molar-refractivity contribution is 6.74. The molecule has 1 heterocycles. The highest BCUT2D eigenvalue weighted by Gasteiger charge is 2.42. The maximum absolute atomic E-state index is 15.2. The van der Waals surface area contributed by atoms with E-state index >= 15 is 4.39 Å². The predicted molar refractivity (Wildman–Crippen MR) is 154 cm³/mol. The van der Waals surface area contributed by atoms with Gasteiger partial charge < -0.3 is 19.8 Å². The van der Waals surface area contributed by atoms with Crippen LogP contribution in [0.2, 0.25) is 23.2 Å². The third kappa shape index (κ3) is 8.03. The molecule has 0 aromatic heterocycles. The average molecular weight is 650 g/mol. The van der Waals surface area contributed by atoms with Gasteiger partial charge >= 0.3 is 12.2 Å². The molecule has 2 aromatic rings. The lowest BCUT2D eigenvalue weighted by Crippen LogP contribution is -2.48. The fraction of sp³-hybridized carbons (Fsp3) is 0.464. The highest BCUT2D eigenvalue weighted by Crippen LogP contribution is 2.38. The molecular formula is C28H33ClF5N3O5Si. The molecule has 1 unspecified atom stereocenters. The van der Waals surface area contributed by atoms with Gasteiger partial charge in [0.25, 0.3) is 5.91 Å². The lowest BCUT2D eigenvalue weighted by atomic mass is 10.1. The molecular weight excluding hydrogens is 617 g/mol. The van der Waals surface area contributed by atoms with Gasteiger partial charge in [0.1, 0.15) is 17.4 Å². The molecule has 0 saturated carbocycles. The number of imide groups is 1. The van der Waals surface area contributed by atoms with Crippen molar-refractivity contribution in [2.24, 2.45) is 0 Å². The van der Waals surface area contributed by atoms with Crippen LogP contribution >= 0.6 is 11.6 Å². The zero-order chi connectivity index (χ0) is 32.5. The van der Waals surface area contributed by atoms with Gasteiger partial charge in [0.15, 0.2) is 14.4 Å². The number of rotatable bonds is 8. The molecule has 3 rings (SSSR count). The number of nitrogens with zero attached hydrogens (tertiary/aromatic N) is 1. The van der Waals surface area contributed by atoms with Crippen molar-refractivity contribution in [3.8, 4) is 5.75 Å². The monoisotopic (exact) mass is 649 g/mol. The van der Waals surface area contributed by atoms with Gasteiger partial charge in [-0.25, -0.2) is 13.6 Å². The summed E-state index contributed by atoms with van der Waals surface area (Å²) in [5.74, 6) is -4.71. The number of carbonyl (C=O) groups excluding carboxylic acids is 3. The minimum Gasteiger partial charge on any atom is -0.480 e. The fourth-order valence-electron chi connectivity index (χ4n) is 3.86. The van der Waals surface area contributed by atoms with Crippen LogP contribution in [0.3, 0.4) is 0 Å². The molecule has 43 heavy (non-hydrogen) atoms. The Labute approximate surface area is 252 Å². The van der Waals surface area contributed by atoms with Crippen LogP contribution in [0, 0.1) is 11.6 Å². The summed E-state index contributed by atoms with van der Waals surface area (Å²) in [6.07, 6.45) is -6.99. The maximum Gasteiger partial charge on any atom is 0.425 e. The molecule has 0 radical (unpaired) electrons. The first-order chi connectivity index (χ1) is 19.7. The molecule has 1 saturated heterocycles. The van der Waals surface area contributed by atoms with E-state index in [1.54, 1.807) is 0 Å². The van der Waals surface area contributed by atoms with Gasteiger partial charge in [-0.3, -0.25) is 14.5 Å². The summed E-state index contributed by atoms with van der Waals surface area (Å²) >= 11 is 5.92. The normalized spacial score (nSPS) is 16.7. The molecule has 15 heteroatoms. The molecule has 0 spiro atoms. The van der Waals surface area contributed by atoms with Crippen LogP contribution in [0.15, 0.2) is 30.3 Å². The number of amides is 4.